The van der Waals surface area contributed by atoms with Crippen LogP contribution in [0.15, 0.2) is 60.7 Å². The Hall–Kier alpha value is -3.38. The van der Waals surface area contributed by atoms with Crippen LogP contribution >= 0.6 is 0 Å². The smallest absolute Gasteiger partial charge is 0.161 e. The van der Waals surface area contributed by atoms with Gasteiger partial charge in [0.05, 0.1) is 13.7 Å². The van der Waals surface area contributed by atoms with E-state index in [4.69, 9.17) is 9.47 Å². The van der Waals surface area contributed by atoms with Crippen molar-refractivity contribution in [2.24, 2.45) is 5.92 Å². The first-order chi connectivity index (χ1) is 17.4. The van der Waals surface area contributed by atoms with E-state index in [0.717, 1.165) is 62.0 Å². The van der Waals surface area contributed by atoms with Gasteiger partial charge in [-0.3, -0.25) is 4.79 Å². The summed E-state index contributed by atoms with van der Waals surface area (Å²) in [7, 11) is 1.58. The third-order valence-electron chi connectivity index (χ3n) is 6.94. The third-order valence-corrected chi connectivity index (χ3v) is 6.94. The third kappa shape index (κ3) is 6.43. The van der Waals surface area contributed by atoms with Crippen molar-refractivity contribution < 1.29 is 23.8 Å². The zero-order valence-corrected chi connectivity index (χ0v) is 21.0. The van der Waals surface area contributed by atoms with Crippen LogP contribution in [-0.4, -0.2) is 49.1 Å². The maximum atomic E-state index is 13.3. The number of aromatic hydroxyl groups is 1. The van der Waals surface area contributed by atoms with E-state index in [0.29, 0.717) is 35.3 Å². The lowest BCUT2D eigenvalue weighted by atomic mass is 9.88. The fourth-order valence-corrected chi connectivity index (χ4v) is 4.82. The van der Waals surface area contributed by atoms with Crippen LogP contribution < -0.4 is 9.47 Å². The Morgan fingerprint density at radius 3 is 2.50 bits per heavy atom. The van der Waals surface area contributed by atoms with Crippen LogP contribution in [0.1, 0.15) is 42.1 Å². The molecule has 0 aromatic heterocycles. The number of likely N-dealkylation sites (tertiary alicyclic amines) is 1. The van der Waals surface area contributed by atoms with Gasteiger partial charge in [0.25, 0.3) is 0 Å². The van der Waals surface area contributed by atoms with Crippen molar-refractivity contribution >= 4 is 5.78 Å². The zero-order valence-electron chi connectivity index (χ0n) is 21.0. The fraction of sp³-hybridized carbons (Fsp3) is 0.367. The summed E-state index contributed by atoms with van der Waals surface area (Å²) in [5.41, 5.74) is 3.13. The molecule has 190 valence electrons. The molecule has 5 nitrogen and oxygen atoms in total. The van der Waals surface area contributed by atoms with Gasteiger partial charge < -0.3 is 19.5 Å². The molecule has 0 amide bonds. The first-order valence-electron chi connectivity index (χ1n) is 12.6. The highest BCUT2D eigenvalue weighted by atomic mass is 19.1. The van der Waals surface area contributed by atoms with Crippen LogP contribution in [0, 0.1) is 11.7 Å². The number of ether oxygens (including phenoxy) is 2. The van der Waals surface area contributed by atoms with Crippen molar-refractivity contribution in [1.82, 2.24) is 4.90 Å². The number of nitrogens with zero attached hydrogens (tertiary/aromatic N) is 1. The van der Waals surface area contributed by atoms with Crippen molar-refractivity contribution in [2.45, 2.75) is 32.6 Å². The summed E-state index contributed by atoms with van der Waals surface area (Å²) in [6, 6.07) is 17.3. The lowest BCUT2D eigenvalue weighted by Crippen LogP contribution is -2.35. The minimum absolute atomic E-state index is 0.000881. The van der Waals surface area contributed by atoms with E-state index in [1.807, 2.05) is 18.2 Å². The zero-order chi connectivity index (χ0) is 25.5. The van der Waals surface area contributed by atoms with E-state index in [-0.39, 0.29) is 11.6 Å². The molecule has 0 unspecified atom stereocenters. The summed E-state index contributed by atoms with van der Waals surface area (Å²) < 4.78 is 24.6. The molecule has 36 heavy (non-hydrogen) atoms. The molecule has 0 saturated carbocycles. The topological polar surface area (TPSA) is 59.0 Å². The lowest BCUT2D eigenvalue weighted by Gasteiger charge is -2.32. The van der Waals surface area contributed by atoms with Crippen LogP contribution in [-0.2, 0) is 6.42 Å². The van der Waals surface area contributed by atoms with Crippen molar-refractivity contribution in [3.05, 3.63) is 77.6 Å². The standard InChI is InChI=1S/C30H34FNO4/c1-21(33)24-9-12-28(29(20-24)35-2)36-18-4-15-32-16-13-22(14-17-32)19-25-5-3-6-27(30(25)34)23-7-10-26(31)11-8-23/h3,5-12,20,22,34H,4,13-19H2,1-2H3. The molecule has 0 spiro atoms. The molecule has 1 aliphatic heterocycles. The molecular formula is C30H34FNO4. The molecule has 1 fully saturated rings. The van der Waals surface area contributed by atoms with E-state index in [1.54, 1.807) is 37.4 Å². The Kier molecular flexibility index (Phi) is 8.60. The average molecular weight is 492 g/mol. The predicted molar refractivity (Wildman–Crippen MR) is 139 cm³/mol. The number of methoxy groups -OCH3 is 1. The number of hydrogen-bond donors (Lipinski definition) is 1. The summed E-state index contributed by atoms with van der Waals surface area (Å²) in [6.07, 6.45) is 3.92. The number of rotatable bonds is 10. The number of para-hydroxylation sites is 1. The maximum absolute atomic E-state index is 13.3. The molecule has 6 heteroatoms. The molecule has 1 aliphatic rings. The minimum Gasteiger partial charge on any atom is -0.507 e. The highest BCUT2D eigenvalue weighted by Crippen LogP contribution is 2.35. The van der Waals surface area contributed by atoms with E-state index in [9.17, 15) is 14.3 Å². The average Bonchev–Trinajstić information content (AvgIpc) is 2.89. The number of halogens is 1. The number of phenols is 1. The van der Waals surface area contributed by atoms with E-state index in [1.165, 1.54) is 19.1 Å². The van der Waals surface area contributed by atoms with Gasteiger partial charge in [0.2, 0.25) is 0 Å². The van der Waals surface area contributed by atoms with Gasteiger partial charge in [-0.15, -0.1) is 0 Å². The largest absolute Gasteiger partial charge is 0.507 e. The Balaban J connectivity index is 1.23. The van der Waals surface area contributed by atoms with Gasteiger partial charge in [-0.1, -0.05) is 30.3 Å². The molecule has 0 radical (unpaired) electrons. The van der Waals surface area contributed by atoms with Crippen LogP contribution in [0.25, 0.3) is 11.1 Å². The SMILES string of the molecule is COc1cc(C(C)=O)ccc1OCCCN1CCC(Cc2cccc(-c3ccc(F)cc3)c2O)CC1. The lowest BCUT2D eigenvalue weighted by molar-refractivity contribution is 0.101. The number of piperidine rings is 1. The molecule has 1 heterocycles. The highest BCUT2D eigenvalue weighted by molar-refractivity contribution is 5.94. The first-order valence-corrected chi connectivity index (χ1v) is 12.6. The van der Waals surface area contributed by atoms with Crippen LogP contribution in [0.4, 0.5) is 4.39 Å². The van der Waals surface area contributed by atoms with Crippen LogP contribution in [0.3, 0.4) is 0 Å². The van der Waals surface area contributed by atoms with Gasteiger partial charge in [0.1, 0.15) is 11.6 Å². The predicted octanol–water partition coefficient (Wildman–Crippen LogP) is 6.13. The quantitative estimate of drug-likeness (QED) is 0.273. The van der Waals surface area contributed by atoms with Gasteiger partial charge in [0.15, 0.2) is 17.3 Å². The maximum Gasteiger partial charge on any atom is 0.161 e. The van der Waals surface area contributed by atoms with Crippen molar-refractivity contribution in [2.75, 3.05) is 33.4 Å². The first kappa shape index (κ1) is 25.7. The van der Waals surface area contributed by atoms with Crippen molar-refractivity contribution in [3.8, 4) is 28.4 Å². The van der Waals surface area contributed by atoms with Crippen molar-refractivity contribution in [1.29, 1.82) is 0 Å². The fourth-order valence-electron chi connectivity index (χ4n) is 4.82. The van der Waals surface area contributed by atoms with Gasteiger partial charge >= 0.3 is 0 Å². The molecule has 1 N–H and O–H groups in total. The minimum atomic E-state index is -0.282. The Morgan fingerprint density at radius 2 is 1.81 bits per heavy atom. The number of benzene rings is 3. The second kappa shape index (κ2) is 12.0. The van der Waals surface area contributed by atoms with Crippen LogP contribution in [0.2, 0.25) is 0 Å². The Labute approximate surface area is 212 Å². The highest BCUT2D eigenvalue weighted by Gasteiger charge is 2.21. The summed E-state index contributed by atoms with van der Waals surface area (Å²) in [5.74, 6) is 1.78. The summed E-state index contributed by atoms with van der Waals surface area (Å²) >= 11 is 0. The number of Topliss-reactive ketones (excluding diaryl/α,β-unsaturated/α-hetero) is 1. The molecule has 0 bridgehead atoms. The van der Waals surface area contributed by atoms with E-state index < -0.39 is 0 Å². The van der Waals surface area contributed by atoms with Gasteiger partial charge in [0, 0.05) is 17.7 Å². The van der Waals surface area contributed by atoms with E-state index >= 15 is 0 Å². The summed E-state index contributed by atoms with van der Waals surface area (Å²) in [6.45, 7) is 5.14. The second-order valence-electron chi connectivity index (χ2n) is 9.43. The Morgan fingerprint density at radius 1 is 1.06 bits per heavy atom. The number of ketones is 1. The molecule has 1 saturated heterocycles. The summed E-state index contributed by atoms with van der Waals surface area (Å²) in [4.78, 5) is 14.0. The molecule has 3 aromatic rings. The monoisotopic (exact) mass is 491 g/mol. The normalized spacial score (nSPS) is 14.5. The second-order valence-corrected chi connectivity index (χ2v) is 9.43. The number of carbonyl (C=O) groups is 1. The van der Waals surface area contributed by atoms with Crippen LogP contribution in [0.5, 0.6) is 17.2 Å². The number of carbonyl (C=O) groups excluding carboxylic acids is 1. The van der Waals surface area contributed by atoms with Crippen molar-refractivity contribution in [3.63, 3.8) is 0 Å². The van der Waals surface area contributed by atoms with E-state index in [2.05, 4.69) is 4.90 Å². The molecular weight excluding hydrogens is 457 g/mol. The Bertz CT molecular complexity index is 1170. The molecule has 0 aliphatic carbocycles. The molecule has 4 rings (SSSR count). The van der Waals surface area contributed by atoms with Gasteiger partial charge in [-0.2, -0.15) is 0 Å². The molecule has 0 atom stereocenters. The van der Waals surface area contributed by atoms with Gasteiger partial charge in [-0.25, -0.2) is 4.39 Å². The van der Waals surface area contributed by atoms with Gasteiger partial charge in [-0.05, 0) is 93.1 Å². The molecule has 3 aromatic carbocycles. The summed E-state index contributed by atoms with van der Waals surface area (Å²) in [5, 5.41) is 10.9. The number of hydrogen-bond acceptors (Lipinski definition) is 5. The number of phenolic OH excluding ortho intramolecular Hbond substituents is 1.